The molecule has 1 heterocycles. The van der Waals surface area contributed by atoms with E-state index in [9.17, 15) is 9.90 Å². The van der Waals surface area contributed by atoms with Gasteiger partial charge in [0.25, 0.3) is 0 Å². The first-order valence-corrected chi connectivity index (χ1v) is 9.86. The fourth-order valence-electron chi connectivity index (χ4n) is 3.03. The number of benzene rings is 1. The van der Waals surface area contributed by atoms with Crippen LogP contribution in [0.1, 0.15) is 44.6 Å². The van der Waals surface area contributed by atoms with Crippen molar-refractivity contribution in [2.75, 3.05) is 38.2 Å². The van der Waals surface area contributed by atoms with Crippen LogP contribution in [0.25, 0.3) is 0 Å². The highest BCUT2D eigenvalue weighted by Gasteiger charge is 2.23. The molecular formula is C20H32N2O5. The van der Waals surface area contributed by atoms with Crippen molar-refractivity contribution in [2.24, 2.45) is 0 Å². The van der Waals surface area contributed by atoms with Gasteiger partial charge in [-0.05, 0) is 31.5 Å². The molecule has 0 aromatic heterocycles. The van der Waals surface area contributed by atoms with Gasteiger partial charge in [-0.2, -0.15) is 0 Å². The molecular weight excluding hydrogens is 348 g/mol. The van der Waals surface area contributed by atoms with Gasteiger partial charge in [0.1, 0.15) is 30.8 Å². The molecule has 0 spiro atoms. The number of aliphatic hydroxyl groups excluding tert-OH is 2. The fourth-order valence-corrected chi connectivity index (χ4v) is 3.03. The second-order valence-electron chi connectivity index (χ2n) is 6.77. The quantitative estimate of drug-likeness (QED) is 0.390. The number of rotatable bonds is 13. The topological polar surface area (TPSA) is 100 Å². The molecule has 0 radical (unpaired) electrons. The summed E-state index contributed by atoms with van der Waals surface area (Å²) in [4.78, 5) is 11.7. The molecule has 0 saturated heterocycles. The van der Waals surface area contributed by atoms with Gasteiger partial charge in [0.15, 0.2) is 0 Å². The van der Waals surface area contributed by atoms with E-state index in [0.717, 1.165) is 18.5 Å². The van der Waals surface area contributed by atoms with Gasteiger partial charge in [-0.15, -0.1) is 0 Å². The Labute approximate surface area is 161 Å². The van der Waals surface area contributed by atoms with Crippen LogP contribution in [0.2, 0.25) is 0 Å². The zero-order chi connectivity index (χ0) is 19.5. The number of aliphatic hydroxyl groups is 2. The molecule has 1 aliphatic heterocycles. The lowest BCUT2D eigenvalue weighted by molar-refractivity contribution is -0.116. The van der Waals surface area contributed by atoms with Crippen LogP contribution in [-0.4, -0.2) is 55.1 Å². The molecule has 0 saturated carbocycles. The maximum absolute atomic E-state index is 11.7. The Balaban J connectivity index is 1.87. The molecule has 1 unspecified atom stereocenters. The van der Waals surface area contributed by atoms with Crippen LogP contribution in [0.4, 0.5) is 5.69 Å². The first-order chi connectivity index (χ1) is 13.2. The van der Waals surface area contributed by atoms with Crippen molar-refractivity contribution in [3.05, 3.63) is 17.7 Å². The predicted octanol–water partition coefficient (Wildman–Crippen LogP) is 1.85. The molecule has 1 aromatic rings. The number of fused-ring (bicyclic) bond motifs is 1. The van der Waals surface area contributed by atoms with E-state index in [2.05, 4.69) is 17.6 Å². The van der Waals surface area contributed by atoms with Gasteiger partial charge in [-0.3, -0.25) is 4.79 Å². The van der Waals surface area contributed by atoms with Gasteiger partial charge in [0.2, 0.25) is 5.91 Å². The molecule has 152 valence electrons. The summed E-state index contributed by atoms with van der Waals surface area (Å²) in [6, 6.07) is 3.50. The zero-order valence-electron chi connectivity index (χ0n) is 16.1. The number of hydrogen-bond donors (Lipinski definition) is 4. The predicted molar refractivity (Wildman–Crippen MR) is 104 cm³/mol. The molecule has 7 heteroatoms. The summed E-state index contributed by atoms with van der Waals surface area (Å²) >= 11 is 0. The van der Waals surface area contributed by atoms with Crippen molar-refractivity contribution in [2.45, 2.75) is 51.6 Å². The van der Waals surface area contributed by atoms with Crippen LogP contribution in [0.5, 0.6) is 11.5 Å². The van der Waals surface area contributed by atoms with E-state index in [-0.39, 0.29) is 25.7 Å². The lowest BCUT2D eigenvalue weighted by Crippen LogP contribution is -2.32. The first-order valence-electron chi connectivity index (χ1n) is 9.86. The van der Waals surface area contributed by atoms with Crippen LogP contribution in [0.15, 0.2) is 12.1 Å². The highest BCUT2D eigenvalue weighted by atomic mass is 16.5. The monoisotopic (exact) mass is 380 g/mol. The Hall–Kier alpha value is -1.83. The summed E-state index contributed by atoms with van der Waals surface area (Å²) in [5.41, 5.74) is 1.46. The number of unbranched alkanes of at least 4 members (excludes halogenated alkanes) is 3. The van der Waals surface area contributed by atoms with Gasteiger partial charge >= 0.3 is 0 Å². The minimum atomic E-state index is -0.602. The Morgan fingerprint density at radius 2 is 2.00 bits per heavy atom. The third-order valence-corrected chi connectivity index (χ3v) is 4.47. The van der Waals surface area contributed by atoms with Gasteiger partial charge in [0.05, 0.1) is 12.3 Å². The number of hydrogen-bond acceptors (Lipinski definition) is 6. The van der Waals surface area contributed by atoms with E-state index in [1.807, 2.05) is 0 Å². The summed E-state index contributed by atoms with van der Waals surface area (Å²) in [6.45, 7) is 3.81. The van der Waals surface area contributed by atoms with E-state index < -0.39 is 6.10 Å². The summed E-state index contributed by atoms with van der Waals surface area (Å²) in [6.07, 6.45) is 5.11. The molecule has 1 atom stereocenters. The number of anilines is 1. The average molecular weight is 380 g/mol. The van der Waals surface area contributed by atoms with Crippen molar-refractivity contribution in [3.8, 4) is 11.5 Å². The molecule has 4 N–H and O–H groups in total. The lowest BCUT2D eigenvalue weighted by atomic mass is 10.0. The second-order valence-corrected chi connectivity index (χ2v) is 6.77. The van der Waals surface area contributed by atoms with Crippen molar-refractivity contribution in [1.29, 1.82) is 0 Å². The van der Waals surface area contributed by atoms with E-state index in [4.69, 9.17) is 14.6 Å². The molecule has 1 aromatic carbocycles. The summed E-state index contributed by atoms with van der Waals surface area (Å²) < 4.78 is 11.3. The Kier molecular flexibility index (Phi) is 9.38. The van der Waals surface area contributed by atoms with E-state index in [0.29, 0.717) is 36.6 Å². The smallest absolute Gasteiger partial charge is 0.224 e. The molecule has 1 aliphatic rings. The van der Waals surface area contributed by atoms with Gasteiger partial charge < -0.3 is 30.3 Å². The minimum Gasteiger partial charge on any atom is -0.490 e. The molecule has 1 amide bonds. The third kappa shape index (κ3) is 7.01. The first kappa shape index (κ1) is 21.5. The highest BCUT2D eigenvalue weighted by molar-refractivity contribution is 5.96. The third-order valence-electron chi connectivity index (χ3n) is 4.47. The number of carbonyl (C=O) groups excluding carboxylic acids is 1. The maximum Gasteiger partial charge on any atom is 0.224 e. The van der Waals surface area contributed by atoms with Crippen molar-refractivity contribution in [3.63, 3.8) is 0 Å². The molecule has 0 bridgehead atoms. The van der Waals surface area contributed by atoms with Crippen molar-refractivity contribution in [1.82, 2.24) is 5.32 Å². The van der Waals surface area contributed by atoms with Gasteiger partial charge in [-0.25, -0.2) is 0 Å². The second kappa shape index (κ2) is 11.8. The molecule has 27 heavy (non-hydrogen) atoms. The SMILES string of the molecule is CCCCCCNCC(O)COc1ccc(OCCO)c2c1CCC(=O)N2. The summed E-state index contributed by atoms with van der Waals surface area (Å²) in [5, 5.41) is 25.1. The van der Waals surface area contributed by atoms with Crippen LogP contribution >= 0.6 is 0 Å². The van der Waals surface area contributed by atoms with Crippen molar-refractivity contribution < 1.29 is 24.5 Å². The van der Waals surface area contributed by atoms with E-state index in [1.165, 1.54) is 19.3 Å². The van der Waals surface area contributed by atoms with Crippen LogP contribution in [0.3, 0.4) is 0 Å². The molecule has 2 rings (SSSR count). The maximum atomic E-state index is 11.7. The van der Waals surface area contributed by atoms with E-state index in [1.54, 1.807) is 12.1 Å². The Morgan fingerprint density at radius 3 is 2.78 bits per heavy atom. The zero-order valence-corrected chi connectivity index (χ0v) is 16.1. The molecule has 7 nitrogen and oxygen atoms in total. The summed E-state index contributed by atoms with van der Waals surface area (Å²) in [7, 11) is 0. The lowest BCUT2D eigenvalue weighted by Gasteiger charge is -2.23. The number of amides is 1. The van der Waals surface area contributed by atoms with Crippen LogP contribution in [-0.2, 0) is 11.2 Å². The minimum absolute atomic E-state index is 0.0687. The molecule has 0 fully saturated rings. The highest BCUT2D eigenvalue weighted by Crippen LogP contribution is 2.38. The number of carbonyl (C=O) groups is 1. The van der Waals surface area contributed by atoms with Crippen LogP contribution < -0.4 is 20.1 Å². The van der Waals surface area contributed by atoms with Gasteiger partial charge in [-0.1, -0.05) is 26.2 Å². The van der Waals surface area contributed by atoms with Crippen LogP contribution in [0, 0.1) is 0 Å². The molecule has 0 aliphatic carbocycles. The fraction of sp³-hybridized carbons (Fsp3) is 0.650. The largest absolute Gasteiger partial charge is 0.490 e. The number of nitrogens with one attached hydrogen (secondary N) is 2. The summed E-state index contributed by atoms with van der Waals surface area (Å²) in [5.74, 6) is 1.10. The Bertz CT molecular complexity index is 594. The Morgan fingerprint density at radius 1 is 1.19 bits per heavy atom. The normalized spacial score (nSPS) is 14.4. The standard InChI is InChI=1S/C20H32N2O5/c1-2-3-4-5-10-21-13-15(24)14-27-17-7-8-18(26-12-11-23)20-16(17)6-9-19(25)22-20/h7-8,15,21,23-24H,2-6,9-14H2,1H3,(H,22,25). The average Bonchev–Trinajstić information content (AvgIpc) is 2.67. The van der Waals surface area contributed by atoms with E-state index >= 15 is 0 Å². The number of ether oxygens (including phenoxy) is 2. The van der Waals surface area contributed by atoms with Crippen molar-refractivity contribution >= 4 is 11.6 Å². The van der Waals surface area contributed by atoms with Gasteiger partial charge in [0, 0.05) is 18.5 Å².